The molecule has 1 aliphatic rings. The molecule has 1 aliphatic heterocycles. The average Bonchev–Trinajstić information content (AvgIpc) is 2.66. The lowest BCUT2D eigenvalue weighted by Crippen LogP contribution is -2.45. The van der Waals surface area contributed by atoms with Crippen molar-refractivity contribution >= 4 is 22.8 Å². The number of hydrogen-bond donors (Lipinski definition) is 2. The van der Waals surface area contributed by atoms with Crippen LogP contribution < -0.4 is 15.4 Å². The normalized spacial score (nSPS) is 16.7. The number of rotatable bonds is 6. The second-order valence-electron chi connectivity index (χ2n) is 6.10. The van der Waals surface area contributed by atoms with Crippen LogP contribution in [0.2, 0.25) is 0 Å². The second kappa shape index (κ2) is 8.09. The van der Waals surface area contributed by atoms with Gasteiger partial charge in [-0.15, -0.1) is 0 Å². The van der Waals surface area contributed by atoms with Crippen molar-refractivity contribution in [2.45, 2.75) is 13.0 Å². The topological polar surface area (TPSA) is 85.9 Å². The van der Waals surface area contributed by atoms with Gasteiger partial charge in [-0.3, -0.25) is 0 Å². The van der Waals surface area contributed by atoms with Crippen molar-refractivity contribution < 1.29 is 23.8 Å². The first-order chi connectivity index (χ1) is 13.1. The maximum absolute atomic E-state index is 12.7. The molecule has 2 aromatic carbocycles. The van der Waals surface area contributed by atoms with Crippen molar-refractivity contribution in [1.82, 2.24) is 10.6 Å². The maximum atomic E-state index is 12.7. The zero-order chi connectivity index (χ0) is 19.4. The lowest BCUT2D eigenvalue weighted by Gasteiger charge is -2.30. The van der Waals surface area contributed by atoms with E-state index in [0.29, 0.717) is 29.2 Å². The van der Waals surface area contributed by atoms with Crippen molar-refractivity contribution in [3.8, 4) is 5.75 Å². The van der Waals surface area contributed by atoms with Gasteiger partial charge in [0.2, 0.25) is 0 Å². The molecule has 2 aromatic rings. The standard InChI is InChI=1S/C20H22N2O5/c1-12-16(19(23)27-11-10-25-2)18(22-20(24)21-12)17-14-7-5-4-6-13(14)8-9-15(17)26-3/h4-9,18H,10-11H2,1-3H3,(H2,21,22,24). The Hall–Kier alpha value is -3.06. The molecule has 0 spiro atoms. The van der Waals surface area contributed by atoms with Crippen LogP contribution >= 0.6 is 0 Å². The number of hydrogen-bond acceptors (Lipinski definition) is 5. The molecule has 0 aromatic heterocycles. The fourth-order valence-electron chi connectivity index (χ4n) is 3.23. The summed E-state index contributed by atoms with van der Waals surface area (Å²) >= 11 is 0. The molecule has 142 valence electrons. The Morgan fingerprint density at radius 2 is 1.89 bits per heavy atom. The third kappa shape index (κ3) is 3.73. The first-order valence-electron chi connectivity index (χ1n) is 8.56. The molecular weight excluding hydrogens is 348 g/mol. The predicted octanol–water partition coefficient (Wildman–Crippen LogP) is 2.67. The Bertz CT molecular complexity index is 906. The summed E-state index contributed by atoms with van der Waals surface area (Å²) in [6.45, 7) is 2.09. The second-order valence-corrected chi connectivity index (χ2v) is 6.10. The van der Waals surface area contributed by atoms with Crippen LogP contribution in [-0.2, 0) is 14.3 Å². The minimum absolute atomic E-state index is 0.124. The van der Waals surface area contributed by atoms with Crippen molar-refractivity contribution in [2.75, 3.05) is 27.4 Å². The third-order valence-electron chi connectivity index (χ3n) is 4.45. The van der Waals surface area contributed by atoms with E-state index in [1.54, 1.807) is 14.0 Å². The summed E-state index contributed by atoms with van der Waals surface area (Å²) in [7, 11) is 3.09. The molecule has 0 saturated carbocycles. The van der Waals surface area contributed by atoms with Gasteiger partial charge >= 0.3 is 12.0 Å². The smallest absolute Gasteiger partial charge is 0.338 e. The Morgan fingerprint density at radius 3 is 2.63 bits per heavy atom. The van der Waals surface area contributed by atoms with Gasteiger partial charge in [0, 0.05) is 18.4 Å². The van der Waals surface area contributed by atoms with E-state index < -0.39 is 12.0 Å². The van der Waals surface area contributed by atoms with Crippen LogP contribution in [0.15, 0.2) is 47.7 Å². The largest absolute Gasteiger partial charge is 0.496 e. The van der Waals surface area contributed by atoms with E-state index in [1.165, 1.54) is 7.11 Å². The summed E-state index contributed by atoms with van der Waals surface area (Å²) in [5.74, 6) is 0.0629. The molecule has 0 saturated heterocycles. The number of amides is 2. The number of carbonyl (C=O) groups excluding carboxylic acids is 2. The van der Waals surface area contributed by atoms with Crippen LogP contribution in [0.5, 0.6) is 5.75 Å². The predicted molar refractivity (Wildman–Crippen MR) is 100 cm³/mol. The molecule has 3 rings (SSSR count). The number of ether oxygens (including phenoxy) is 3. The molecule has 0 radical (unpaired) electrons. The van der Waals surface area contributed by atoms with E-state index in [4.69, 9.17) is 14.2 Å². The molecule has 2 N–H and O–H groups in total. The quantitative estimate of drug-likeness (QED) is 0.603. The summed E-state index contributed by atoms with van der Waals surface area (Å²) in [6.07, 6.45) is 0. The SMILES string of the molecule is COCCOC(=O)C1=C(C)NC(=O)NC1c1c(OC)ccc2ccccc12. The van der Waals surface area contributed by atoms with E-state index in [-0.39, 0.29) is 12.6 Å². The van der Waals surface area contributed by atoms with Gasteiger partial charge in [0.25, 0.3) is 0 Å². The average molecular weight is 370 g/mol. The maximum Gasteiger partial charge on any atom is 0.338 e. The highest BCUT2D eigenvalue weighted by Gasteiger charge is 2.35. The molecule has 27 heavy (non-hydrogen) atoms. The molecule has 7 nitrogen and oxygen atoms in total. The minimum atomic E-state index is -0.699. The number of methoxy groups -OCH3 is 2. The molecule has 0 aliphatic carbocycles. The van der Waals surface area contributed by atoms with Crippen molar-refractivity contribution in [1.29, 1.82) is 0 Å². The summed E-state index contributed by atoms with van der Waals surface area (Å²) in [6, 6.07) is 10.4. The fraction of sp³-hybridized carbons (Fsp3) is 0.300. The third-order valence-corrected chi connectivity index (χ3v) is 4.45. The van der Waals surface area contributed by atoms with Crippen LogP contribution in [0.3, 0.4) is 0 Å². The Morgan fingerprint density at radius 1 is 1.11 bits per heavy atom. The van der Waals surface area contributed by atoms with Crippen LogP contribution in [0.1, 0.15) is 18.5 Å². The van der Waals surface area contributed by atoms with Crippen LogP contribution in [0, 0.1) is 0 Å². The van der Waals surface area contributed by atoms with Crippen LogP contribution in [-0.4, -0.2) is 39.4 Å². The first-order valence-corrected chi connectivity index (χ1v) is 8.56. The molecule has 0 bridgehead atoms. The van der Waals surface area contributed by atoms with Crippen LogP contribution in [0.4, 0.5) is 4.79 Å². The van der Waals surface area contributed by atoms with Crippen molar-refractivity contribution in [2.24, 2.45) is 0 Å². The van der Waals surface area contributed by atoms with Gasteiger partial charge in [0.1, 0.15) is 12.4 Å². The lowest BCUT2D eigenvalue weighted by molar-refractivity contribution is -0.140. The summed E-state index contributed by atoms with van der Waals surface area (Å²) < 4.78 is 15.8. The van der Waals surface area contributed by atoms with Gasteiger partial charge in [-0.05, 0) is 23.8 Å². The van der Waals surface area contributed by atoms with Gasteiger partial charge in [0.05, 0.1) is 25.3 Å². The van der Waals surface area contributed by atoms with Crippen molar-refractivity contribution in [3.05, 3.63) is 53.2 Å². The minimum Gasteiger partial charge on any atom is -0.496 e. The Kier molecular flexibility index (Phi) is 5.61. The Balaban J connectivity index is 2.13. The summed E-state index contributed by atoms with van der Waals surface area (Å²) in [4.78, 5) is 24.9. The van der Waals surface area contributed by atoms with Gasteiger partial charge in [-0.2, -0.15) is 0 Å². The highest BCUT2D eigenvalue weighted by atomic mass is 16.6. The highest BCUT2D eigenvalue weighted by molar-refractivity contribution is 5.98. The molecule has 1 heterocycles. The molecule has 1 unspecified atom stereocenters. The fourth-order valence-corrected chi connectivity index (χ4v) is 3.23. The highest BCUT2D eigenvalue weighted by Crippen LogP contribution is 2.38. The number of allylic oxidation sites excluding steroid dienone is 1. The van der Waals surface area contributed by atoms with Gasteiger partial charge < -0.3 is 24.8 Å². The van der Waals surface area contributed by atoms with E-state index in [1.807, 2.05) is 36.4 Å². The molecular formula is C20H22N2O5. The number of nitrogens with one attached hydrogen (secondary N) is 2. The molecule has 0 fully saturated rings. The van der Waals surface area contributed by atoms with Crippen LogP contribution in [0.25, 0.3) is 10.8 Å². The zero-order valence-electron chi connectivity index (χ0n) is 15.5. The van der Waals surface area contributed by atoms with E-state index in [2.05, 4.69) is 10.6 Å². The summed E-state index contributed by atoms with van der Waals surface area (Å²) in [5, 5.41) is 7.34. The molecule has 1 atom stereocenters. The number of carbonyl (C=O) groups is 2. The number of esters is 1. The van der Waals surface area contributed by atoms with Crippen molar-refractivity contribution in [3.63, 3.8) is 0 Å². The van der Waals surface area contributed by atoms with E-state index in [0.717, 1.165) is 10.8 Å². The van der Waals surface area contributed by atoms with Gasteiger partial charge in [-0.1, -0.05) is 30.3 Å². The number of fused-ring (bicyclic) bond motifs is 1. The summed E-state index contributed by atoms with van der Waals surface area (Å²) in [5.41, 5.74) is 1.49. The molecule has 7 heteroatoms. The zero-order valence-corrected chi connectivity index (χ0v) is 15.5. The number of urea groups is 1. The monoisotopic (exact) mass is 370 g/mol. The lowest BCUT2D eigenvalue weighted by atomic mass is 9.90. The van der Waals surface area contributed by atoms with E-state index in [9.17, 15) is 9.59 Å². The first kappa shape index (κ1) is 18.7. The van der Waals surface area contributed by atoms with E-state index >= 15 is 0 Å². The Labute approximate surface area is 157 Å². The number of benzene rings is 2. The van der Waals surface area contributed by atoms with Gasteiger partial charge in [0.15, 0.2) is 0 Å². The molecule has 2 amide bonds. The van der Waals surface area contributed by atoms with Gasteiger partial charge in [-0.25, -0.2) is 9.59 Å².